The third-order valence-corrected chi connectivity index (χ3v) is 4.13. The Hall–Kier alpha value is -1.85. The molecule has 1 saturated heterocycles. The van der Waals surface area contributed by atoms with Gasteiger partial charge in [-0.1, -0.05) is 24.3 Å². The molecule has 1 aliphatic heterocycles. The van der Waals surface area contributed by atoms with Crippen molar-refractivity contribution >= 4 is 35.1 Å². The molecule has 1 heterocycles. The maximum absolute atomic E-state index is 11.5. The van der Waals surface area contributed by atoms with E-state index in [2.05, 4.69) is 5.32 Å². The van der Waals surface area contributed by atoms with Gasteiger partial charge in [0.1, 0.15) is 0 Å². The second-order valence-corrected chi connectivity index (χ2v) is 5.66. The van der Waals surface area contributed by atoms with Crippen molar-refractivity contribution in [3.05, 3.63) is 45.9 Å². The number of thioether (sulfide) groups is 1. The maximum Gasteiger partial charge on any atom is 0.290 e. The standard InChI is InChI=1S/C15H13NO3S/c1-19-12-5-4-10-6-9(2-3-11(10)8-12)7-13-14(17)16-15(18)20-13/h2-7,12H,8H2,1H3,(H,16,17,18)/b13-7-. The molecule has 2 amide bonds. The lowest BCUT2D eigenvalue weighted by Crippen LogP contribution is -2.17. The van der Waals surface area contributed by atoms with Crippen LogP contribution in [0.1, 0.15) is 16.7 Å². The number of benzene rings is 1. The summed E-state index contributed by atoms with van der Waals surface area (Å²) in [4.78, 5) is 23.1. The van der Waals surface area contributed by atoms with Gasteiger partial charge in [0.15, 0.2) is 0 Å². The molecule has 3 rings (SSSR count). The normalized spacial score (nSPS) is 23.1. The van der Waals surface area contributed by atoms with E-state index in [0.29, 0.717) is 4.91 Å². The van der Waals surface area contributed by atoms with Crippen LogP contribution in [0.2, 0.25) is 0 Å². The van der Waals surface area contributed by atoms with Crippen LogP contribution in [0.25, 0.3) is 12.2 Å². The van der Waals surface area contributed by atoms with Gasteiger partial charge in [0, 0.05) is 13.5 Å². The lowest BCUT2D eigenvalue weighted by atomic mass is 9.94. The van der Waals surface area contributed by atoms with E-state index in [0.717, 1.165) is 29.3 Å². The molecule has 1 aromatic rings. The van der Waals surface area contributed by atoms with Crippen molar-refractivity contribution in [2.24, 2.45) is 0 Å². The van der Waals surface area contributed by atoms with Crippen LogP contribution in [-0.2, 0) is 16.0 Å². The Morgan fingerprint density at radius 1 is 1.40 bits per heavy atom. The average Bonchev–Trinajstić information content (AvgIpc) is 2.76. The van der Waals surface area contributed by atoms with Crippen LogP contribution in [0.4, 0.5) is 4.79 Å². The molecule has 0 bridgehead atoms. The summed E-state index contributed by atoms with van der Waals surface area (Å²) in [6.45, 7) is 0. The molecule has 0 radical (unpaired) electrons. The number of carbonyl (C=O) groups excluding carboxylic acids is 2. The number of methoxy groups -OCH3 is 1. The molecule has 1 unspecified atom stereocenters. The van der Waals surface area contributed by atoms with E-state index in [1.54, 1.807) is 13.2 Å². The van der Waals surface area contributed by atoms with Gasteiger partial charge in [-0.2, -0.15) is 0 Å². The van der Waals surface area contributed by atoms with Crippen molar-refractivity contribution < 1.29 is 14.3 Å². The van der Waals surface area contributed by atoms with E-state index < -0.39 is 0 Å². The Morgan fingerprint density at radius 2 is 2.25 bits per heavy atom. The van der Waals surface area contributed by atoms with Crippen LogP contribution in [0.15, 0.2) is 29.2 Å². The summed E-state index contributed by atoms with van der Waals surface area (Å²) in [5.74, 6) is -0.326. The number of nitrogens with one attached hydrogen (secondary N) is 1. The first-order chi connectivity index (χ1) is 9.65. The summed E-state index contributed by atoms with van der Waals surface area (Å²) in [5.41, 5.74) is 3.26. The molecular weight excluding hydrogens is 274 g/mol. The topological polar surface area (TPSA) is 55.4 Å². The molecular formula is C15H13NO3S. The zero-order valence-electron chi connectivity index (χ0n) is 10.9. The minimum atomic E-state index is -0.326. The van der Waals surface area contributed by atoms with Crippen molar-refractivity contribution in [1.82, 2.24) is 5.32 Å². The van der Waals surface area contributed by atoms with Gasteiger partial charge >= 0.3 is 0 Å². The molecule has 5 heteroatoms. The number of hydrogen-bond acceptors (Lipinski definition) is 4. The van der Waals surface area contributed by atoms with Crippen LogP contribution in [0.3, 0.4) is 0 Å². The van der Waals surface area contributed by atoms with Gasteiger partial charge in [0.05, 0.1) is 11.0 Å². The van der Waals surface area contributed by atoms with Gasteiger partial charge in [-0.3, -0.25) is 14.9 Å². The summed E-state index contributed by atoms with van der Waals surface area (Å²) in [5, 5.41) is 1.93. The number of imide groups is 1. The van der Waals surface area contributed by atoms with Crippen molar-refractivity contribution in [1.29, 1.82) is 0 Å². The lowest BCUT2D eigenvalue weighted by molar-refractivity contribution is -0.115. The molecule has 0 spiro atoms. The smallest absolute Gasteiger partial charge is 0.290 e. The minimum absolute atomic E-state index is 0.125. The quantitative estimate of drug-likeness (QED) is 0.849. The van der Waals surface area contributed by atoms with E-state index in [1.807, 2.05) is 30.4 Å². The Bertz CT molecular complexity index is 649. The molecule has 2 aliphatic rings. The van der Waals surface area contributed by atoms with Crippen LogP contribution in [0, 0.1) is 0 Å². The largest absolute Gasteiger partial charge is 0.377 e. The van der Waals surface area contributed by atoms with Crippen LogP contribution in [0.5, 0.6) is 0 Å². The minimum Gasteiger partial charge on any atom is -0.377 e. The number of ether oxygens (including phenoxy) is 1. The summed E-state index contributed by atoms with van der Waals surface area (Å²) in [6.07, 6.45) is 6.77. The van der Waals surface area contributed by atoms with E-state index in [-0.39, 0.29) is 17.3 Å². The van der Waals surface area contributed by atoms with Crippen molar-refractivity contribution in [3.63, 3.8) is 0 Å². The average molecular weight is 287 g/mol. The van der Waals surface area contributed by atoms with Gasteiger partial charge in [-0.25, -0.2) is 0 Å². The molecule has 1 N–H and O–H groups in total. The van der Waals surface area contributed by atoms with E-state index in [9.17, 15) is 9.59 Å². The highest BCUT2D eigenvalue weighted by Crippen LogP contribution is 2.27. The summed E-state index contributed by atoms with van der Waals surface area (Å²) >= 11 is 0.933. The Kier molecular flexibility index (Phi) is 3.46. The monoisotopic (exact) mass is 287 g/mol. The Labute approximate surface area is 120 Å². The molecule has 1 aromatic carbocycles. The third-order valence-electron chi connectivity index (χ3n) is 3.32. The molecule has 20 heavy (non-hydrogen) atoms. The predicted octanol–water partition coefficient (Wildman–Crippen LogP) is 2.59. The SMILES string of the molecule is COC1C=Cc2cc(/C=C3\SC(=O)NC3=O)ccc2C1. The second kappa shape index (κ2) is 5.26. The zero-order chi connectivity index (χ0) is 14.1. The zero-order valence-corrected chi connectivity index (χ0v) is 11.7. The number of carbonyl (C=O) groups is 2. The molecule has 102 valence electrons. The Morgan fingerprint density at radius 3 is 2.95 bits per heavy atom. The maximum atomic E-state index is 11.5. The molecule has 1 aliphatic carbocycles. The second-order valence-electron chi connectivity index (χ2n) is 4.65. The fourth-order valence-electron chi connectivity index (χ4n) is 2.27. The molecule has 4 nitrogen and oxygen atoms in total. The molecule has 0 saturated carbocycles. The van der Waals surface area contributed by atoms with E-state index in [4.69, 9.17) is 4.74 Å². The van der Waals surface area contributed by atoms with Crippen molar-refractivity contribution in [2.75, 3.05) is 7.11 Å². The first-order valence-corrected chi connectivity index (χ1v) is 7.06. The van der Waals surface area contributed by atoms with Gasteiger partial charge in [0.25, 0.3) is 11.1 Å². The van der Waals surface area contributed by atoms with Gasteiger partial charge in [-0.05, 0) is 40.6 Å². The van der Waals surface area contributed by atoms with E-state index >= 15 is 0 Å². The summed E-state index contributed by atoms with van der Waals surface area (Å²) in [6, 6.07) is 6.01. The van der Waals surface area contributed by atoms with Crippen molar-refractivity contribution in [2.45, 2.75) is 12.5 Å². The summed E-state index contributed by atoms with van der Waals surface area (Å²) < 4.78 is 5.32. The fraction of sp³-hybridized carbons (Fsp3) is 0.200. The molecule has 1 atom stereocenters. The number of rotatable bonds is 2. The molecule has 0 aromatic heterocycles. The van der Waals surface area contributed by atoms with Gasteiger partial charge < -0.3 is 4.74 Å². The van der Waals surface area contributed by atoms with Crippen molar-refractivity contribution in [3.8, 4) is 0 Å². The Balaban J connectivity index is 1.89. The highest BCUT2D eigenvalue weighted by molar-refractivity contribution is 8.18. The third kappa shape index (κ3) is 2.55. The van der Waals surface area contributed by atoms with Crippen LogP contribution >= 0.6 is 11.8 Å². The highest BCUT2D eigenvalue weighted by Gasteiger charge is 2.25. The van der Waals surface area contributed by atoms with Gasteiger partial charge in [0.2, 0.25) is 0 Å². The first kappa shape index (κ1) is 13.1. The fourth-order valence-corrected chi connectivity index (χ4v) is 2.96. The van der Waals surface area contributed by atoms with Crippen LogP contribution in [-0.4, -0.2) is 24.4 Å². The number of hydrogen-bond donors (Lipinski definition) is 1. The molecule has 1 fully saturated rings. The first-order valence-electron chi connectivity index (χ1n) is 6.24. The lowest BCUT2D eigenvalue weighted by Gasteiger charge is -2.18. The van der Waals surface area contributed by atoms with E-state index in [1.165, 1.54) is 5.56 Å². The predicted molar refractivity (Wildman–Crippen MR) is 79.1 cm³/mol. The summed E-state index contributed by atoms with van der Waals surface area (Å²) in [7, 11) is 1.70. The van der Waals surface area contributed by atoms with Crippen LogP contribution < -0.4 is 5.32 Å². The highest BCUT2D eigenvalue weighted by atomic mass is 32.2. The van der Waals surface area contributed by atoms with Gasteiger partial charge in [-0.15, -0.1) is 0 Å². The number of amides is 2. The number of fused-ring (bicyclic) bond motifs is 1.